The van der Waals surface area contributed by atoms with E-state index in [2.05, 4.69) is 93.2 Å². The van der Waals surface area contributed by atoms with E-state index in [1.807, 2.05) is 0 Å². The SMILES string of the molecule is Cc1cc(-c2cc3c(cc2C)-c2cccc4cccc-3c24)[n+](C)cc1C. The van der Waals surface area contributed by atoms with Crippen molar-refractivity contribution >= 4 is 10.8 Å². The third-order valence-electron chi connectivity index (χ3n) is 5.87. The van der Waals surface area contributed by atoms with E-state index >= 15 is 0 Å². The molecule has 1 aliphatic rings. The standard InChI is InChI=1S/C25H22N/c1-15-12-24(26(4)14-17(15)3)21-13-23-20-10-6-8-18-7-5-9-19(25(18)20)22(23)11-16(21)2/h5-14H,1-4H3/q+1. The molecule has 0 fully saturated rings. The van der Waals surface area contributed by atoms with Gasteiger partial charge in [0.05, 0.1) is 0 Å². The number of hydrogen-bond donors (Lipinski definition) is 0. The summed E-state index contributed by atoms with van der Waals surface area (Å²) in [5.41, 5.74) is 12.0. The molecule has 0 amide bonds. The Kier molecular flexibility index (Phi) is 3.12. The van der Waals surface area contributed by atoms with E-state index in [9.17, 15) is 0 Å². The first-order chi connectivity index (χ1) is 12.5. The lowest BCUT2D eigenvalue weighted by molar-refractivity contribution is -0.660. The van der Waals surface area contributed by atoms with Crippen molar-refractivity contribution in [3.8, 4) is 33.5 Å². The van der Waals surface area contributed by atoms with Crippen molar-refractivity contribution in [1.29, 1.82) is 0 Å². The maximum absolute atomic E-state index is 2.39. The van der Waals surface area contributed by atoms with Crippen LogP contribution in [0.4, 0.5) is 0 Å². The molecular formula is C25H22N+. The van der Waals surface area contributed by atoms with Crippen LogP contribution in [0.15, 0.2) is 60.8 Å². The lowest BCUT2D eigenvalue weighted by Gasteiger charge is -2.11. The molecule has 1 aromatic heterocycles. The Labute approximate surface area is 154 Å². The smallest absolute Gasteiger partial charge is 0.201 e. The van der Waals surface area contributed by atoms with Crippen molar-refractivity contribution in [3.63, 3.8) is 0 Å². The van der Waals surface area contributed by atoms with Gasteiger partial charge in [-0.3, -0.25) is 0 Å². The second-order valence-corrected chi connectivity index (χ2v) is 7.56. The highest BCUT2D eigenvalue weighted by Crippen LogP contribution is 2.48. The monoisotopic (exact) mass is 336 g/mol. The first-order valence-electron chi connectivity index (χ1n) is 9.19. The molecule has 1 aliphatic carbocycles. The zero-order valence-corrected chi connectivity index (χ0v) is 15.7. The predicted octanol–water partition coefficient (Wildman–Crippen LogP) is 5.90. The molecule has 26 heavy (non-hydrogen) atoms. The number of pyridine rings is 1. The average Bonchev–Trinajstić information content (AvgIpc) is 2.93. The molecule has 0 saturated carbocycles. The van der Waals surface area contributed by atoms with Gasteiger partial charge >= 0.3 is 0 Å². The molecule has 3 aromatic carbocycles. The highest BCUT2D eigenvalue weighted by atomic mass is 14.9. The molecule has 0 radical (unpaired) electrons. The number of aryl methyl sites for hydroxylation is 4. The van der Waals surface area contributed by atoms with Crippen molar-refractivity contribution in [3.05, 3.63) is 77.5 Å². The van der Waals surface area contributed by atoms with E-state index < -0.39 is 0 Å². The molecule has 126 valence electrons. The van der Waals surface area contributed by atoms with E-state index in [4.69, 9.17) is 0 Å². The first kappa shape index (κ1) is 15.3. The van der Waals surface area contributed by atoms with Gasteiger partial charge in [0.1, 0.15) is 7.05 Å². The molecule has 0 spiro atoms. The van der Waals surface area contributed by atoms with Crippen molar-refractivity contribution in [1.82, 2.24) is 0 Å². The maximum atomic E-state index is 2.39. The Morgan fingerprint density at radius 1 is 0.615 bits per heavy atom. The summed E-state index contributed by atoms with van der Waals surface area (Å²) < 4.78 is 2.25. The highest BCUT2D eigenvalue weighted by molar-refractivity contribution is 6.15. The van der Waals surface area contributed by atoms with E-state index in [-0.39, 0.29) is 0 Å². The Balaban J connectivity index is 1.82. The minimum Gasteiger partial charge on any atom is -0.201 e. The lowest BCUT2D eigenvalue weighted by atomic mass is 9.94. The summed E-state index contributed by atoms with van der Waals surface area (Å²) in [6, 6.07) is 20.4. The largest absolute Gasteiger partial charge is 0.212 e. The summed E-state index contributed by atoms with van der Waals surface area (Å²) >= 11 is 0. The number of benzene rings is 3. The van der Waals surface area contributed by atoms with Crippen LogP contribution in [0.1, 0.15) is 16.7 Å². The fourth-order valence-electron chi connectivity index (χ4n) is 4.37. The minimum atomic E-state index is 1.27. The van der Waals surface area contributed by atoms with Crippen LogP contribution in [0.5, 0.6) is 0 Å². The van der Waals surface area contributed by atoms with Crippen LogP contribution in [0.3, 0.4) is 0 Å². The zero-order chi connectivity index (χ0) is 18.0. The Bertz CT molecular complexity index is 1210. The summed E-state index contributed by atoms with van der Waals surface area (Å²) in [6.07, 6.45) is 2.23. The Morgan fingerprint density at radius 3 is 1.96 bits per heavy atom. The number of nitrogens with zero attached hydrogens (tertiary/aromatic N) is 1. The average molecular weight is 336 g/mol. The molecule has 4 aromatic rings. The molecule has 1 heteroatoms. The van der Waals surface area contributed by atoms with Gasteiger partial charge in [-0.15, -0.1) is 0 Å². The van der Waals surface area contributed by atoms with Gasteiger partial charge in [-0.1, -0.05) is 36.4 Å². The molecule has 0 unspecified atom stereocenters. The Hall–Kier alpha value is -2.93. The topological polar surface area (TPSA) is 3.88 Å². The third kappa shape index (κ3) is 2.00. The van der Waals surface area contributed by atoms with Crippen LogP contribution >= 0.6 is 0 Å². The fraction of sp³-hybridized carbons (Fsp3) is 0.160. The summed E-state index contributed by atoms with van der Waals surface area (Å²) in [5, 5.41) is 2.72. The summed E-state index contributed by atoms with van der Waals surface area (Å²) in [5.74, 6) is 0. The van der Waals surface area contributed by atoms with E-state index in [1.165, 1.54) is 61.0 Å². The van der Waals surface area contributed by atoms with Crippen LogP contribution in [0.25, 0.3) is 44.3 Å². The molecule has 1 nitrogen and oxygen atoms in total. The molecular weight excluding hydrogens is 314 g/mol. The van der Waals surface area contributed by atoms with Gasteiger partial charge in [0, 0.05) is 17.2 Å². The quantitative estimate of drug-likeness (QED) is 0.335. The van der Waals surface area contributed by atoms with Gasteiger partial charge in [-0.05, 0) is 77.1 Å². The van der Waals surface area contributed by atoms with Gasteiger partial charge in [-0.25, -0.2) is 4.57 Å². The van der Waals surface area contributed by atoms with Gasteiger partial charge < -0.3 is 0 Å². The second kappa shape index (κ2) is 5.28. The van der Waals surface area contributed by atoms with Gasteiger partial charge in [-0.2, -0.15) is 0 Å². The minimum absolute atomic E-state index is 1.27. The van der Waals surface area contributed by atoms with Gasteiger partial charge in [0.15, 0.2) is 6.20 Å². The van der Waals surface area contributed by atoms with Crippen LogP contribution in [0, 0.1) is 20.8 Å². The van der Waals surface area contributed by atoms with Crippen molar-refractivity contribution < 1.29 is 4.57 Å². The number of hydrogen-bond acceptors (Lipinski definition) is 0. The molecule has 0 aliphatic heterocycles. The molecule has 0 atom stereocenters. The molecule has 1 heterocycles. The van der Waals surface area contributed by atoms with Crippen LogP contribution in [-0.2, 0) is 7.05 Å². The predicted molar refractivity (Wildman–Crippen MR) is 109 cm³/mol. The van der Waals surface area contributed by atoms with Gasteiger partial charge in [0.2, 0.25) is 5.69 Å². The van der Waals surface area contributed by atoms with Crippen LogP contribution < -0.4 is 4.57 Å². The molecule has 5 rings (SSSR count). The maximum Gasteiger partial charge on any atom is 0.212 e. The number of rotatable bonds is 1. The van der Waals surface area contributed by atoms with Crippen molar-refractivity contribution in [2.45, 2.75) is 20.8 Å². The van der Waals surface area contributed by atoms with Crippen LogP contribution in [-0.4, -0.2) is 0 Å². The second-order valence-electron chi connectivity index (χ2n) is 7.56. The highest BCUT2D eigenvalue weighted by Gasteiger charge is 2.24. The van der Waals surface area contributed by atoms with E-state index in [0.29, 0.717) is 0 Å². The summed E-state index contributed by atoms with van der Waals surface area (Å²) in [6.45, 7) is 6.60. The first-order valence-corrected chi connectivity index (χ1v) is 9.19. The summed E-state index contributed by atoms with van der Waals surface area (Å²) in [4.78, 5) is 0. The fourth-order valence-corrected chi connectivity index (χ4v) is 4.37. The van der Waals surface area contributed by atoms with Crippen LogP contribution in [0.2, 0.25) is 0 Å². The summed E-state index contributed by atoms with van der Waals surface area (Å²) in [7, 11) is 2.14. The number of aromatic nitrogens is 1. The third-order valence-corrected chi connectivity index (χ3v) is 5.87. The molecule has 0 N–H and O–H groups in total. The molecule has 0 saturated heterocycles. The van der Waals surface area contributed by atoms with E-state index in [1.54, 1.807) is 0 Å². The normalized spacial score (nSPS) is 11.8. The number of fused-ring (bicyclic) bond motifs is 3. The van der Waals surface area contributed by atoms with Gasteiger partial charge in [0.25, 0.3) is 0 Å². The Morgan fingerprint density at radius 2 is 1.27 bits per heavy atom. The molecule has 0 bridgehead atoms. The zero-order valence-electron chi connectivity index (χ0n) is 15.7. The lowest BCUT2D eigenvalue weighted by Crippen LogP contribution is -2.31. The van der Waals surface area contributed by atoms with Crippen molar-refractivity contribution in [2.24, 2.45) is 7.05 Å². The van der Waals surface area contributed by atoms with Crippen molar-refractivity contribution in [2.75, 3.05) is 0 Å². The van der Waals surface area contributed by atoms with E-state index in [0.717, 1.165) is 0 Å².